The normalized spacial score (nSPS) is 23.7. The zero-order valence-corrected chi connectivity index (χ0v) is 10.6. The third-order valence-corrected chi connectivity index (χ3v) is 3.05. The zero-order valence-electron chi connectivity index (χ0n) is 8.96. The van der Waals surface area contributed by atoms with Crippen LogP contribution in [0.3, 0.4) is 0 Å². The molecule has 0 N–H and O–H groups in total. The van der Waals surface area contributed by atoms with E-state index in [0.29, 0.717) is 0 Å². The van der Waals surface area contributed by atoms with Gasteiger partial charge in [0.15, 0.2) is 11.5 Å². The first-order valence-corrected chi connectivity index (χ1v) is 5.46. The average Bonchev–Trinajstić information content (AvgIpc) is 2.96. The van der Waals surface area contributed by atoms with Crippen molar-refractivity contribution < 1.29 is 14.2 Å². The predicted molar refractivity (Wildman–Crippen MR) is 60.6 cm³/mol. The lowest BCUT2D eigenvalue weighted by Gasteiger charge is -2.15. The highest BCUT2D eigenvalue weighted by Crippen LogP contribution is 2.47. The Morgan fingerprint density at radius 3 is 2.47 bits per heavy atom. The van der Waals surface area contributed by atoms with E-state index < -0.39 is 0 Å². The second kappa shape index (κ2) is 3.68. The summed E-state index contributed by atoms with van der Waals surface area (Å²) in [6, 6.07) is 3.89. The molecule has 1 saturated heterocycles. The molecule has 1 aromatic carbocycles. The largest absolute Gasteiger partial charge is 0.493 e. The summed E-state index contributed by atoms with van der Waals surface area (Å²) in [5, 5.41) is 0. The Kier molecular flexibility index (Phi) is 2.64. The van der Waals surface area contributed by atoms with E-state index in [4.69, 9.17) is 14.2 Å². The lowest BCUT2D eigenvalue weighted by atomic mass is 10.0. The molecule has 0 aliphatic carbocycles. The predicted octanol–water partition coefficient (Wildman–Crippen LogP) is 2.71. The van der Waals surface area contributed by atoms with Gasteiger partial charge in [-0.3, -0.25) is 0 Å². The number of ether oxygens (including phenoxy) is 3. The molecule has 1 unspecified atom stereocenters. The maximum Gasteiger partial charge on any atom is 0.166 e. The molecular formula is C11H13BrO3. The molecule has 3 nitrogen and oxygen atoms in total. The van der Waals surface area contributed by atoms with Crippen LogP contribution in [0.5, 0.6) is 11.5 Å². The minimum atomic E-state index is -0.220. The molecule has 2 rings (SSSR count). The number of halogens is 1. The molecule has 0 saturated carbocycles. The highest BCUT2D eigenvalue weighted by Gasteiger charge is 2.44. The van der Waals surface area contributed by atoms with Crippen molar-refractivity contribution >= 4 is 15.9 Å². The van der Waals surface area contributed by atoms with Gasteiger partial charge in [-0.2, -0.15) is 0 Å². The van der Waals surface area contributed by atoms with Gasteiger partial charge in [0.05, 0.1) is 20.8 Å². The van der Waals surface area contributed by atoms with Crippen molar-refractivity contribution in [2.24, 2.45) is 0 Å². The average molecular weight is 273 g/mol. The first-order valence-electron chi connectivity index (χ1n) is 4.66. The number of benzene rings is 1. The van der Waals surface area contributed by atoms with E-state index in [1.54, 1.807) is 14.2 Å². The monoisotopic (exact) mass is 272 g/mol. The maximum atomic E-state index is 5.42. The lowest BCUT2D eigenvalue weighted by Crippen LogP contribution is -2.06. The minimum Gasteiger partial charge on any atom is -0.493 e. The van der Waals surface area contributed by atoms with Gasteiger partial charge >= 0.3 is 0 Å². The van der Waals surface area contributed by atoms with Crippen LogP contribution in [-0.4, -0.2) is 20.8 Å². The molecule has 1 heterocycles. The van der Waals surface area contributed by atoms with Crippen molar-refractivity contribution in [3.8, 4) is 11.5 Å². The molecule has 1 aliphatic heterocycles. The number of hydrogen-bond donors (Lipinski definition) is 0. The van der Waals surface area contributed by atoms with Gasteiger partial charge in [0.1, 0.15) is 5.60 Å². The molecule has 1 aliphatic rings. The minimum absolute atomic E-state index is 0.220. The van der Waals surface area contributed by atoms with Crippen molar-refractivity contribution in [1.29, 1.82) is 0 Å². The summed E-state index contributed by atoms with van der Waals surface area (Å²) in [5.41, 5.74) is 0.804. The van der Waals surface area contributed by atoms with Gasteiger partial charge in [-0.15, -0.1) is 0 Å². The van der Waals surface area contributed by atoms with E-state index in [9.17, 15) is 0 Å². The SMILES string of the molecule is COc1cc(Br)cc(C2(C)CO2)c1OC. The highest BCUT2D eigenvalue weighted by atomic mass is 79.9. The van der Waals surface area contributed by atoms with Gasteiger partial charge in [-0.1, -0.05) is 15.9 Å². The van der Waals surface area contributed by atoms with Crippen LogP contribution in [0, 0.1) is 0 Å². The first-order chi connectivity index (χ1) is 7.10. The van der Waals surface area contributed by atoms with Crippen LogP contribution in [0.4, 0.5) is 0 Å². The van der Waals surface area contributed by atoms with Gasteiger partial charge < -0.3 is 14.2 Å². The summed E-state index contributed by atoms with van der Waals surface area (Å²) in [6.07, 6.45) is 0. The van der Waals surface area contributed by atoms with E-state index in [1.807, 2.05) is 19.1 Å². The molecule has 0 aromatic heterocycles. The smallest absolute Gasteiger partial charge is 0.166 e. The lowest BCUT2D eigenvalue weighted by molar-refractivity contribution is 0.306. The van der Waals surface area contributed by atoms with Crippen molar-refractivity contribution in [3.63, 3.8) is 0 Å². The van der Waals surface area contributed by atoms with Crippen LogP contribution in [0.2, 0.25) is 0 Å². The topological polar surface area (TPSA) is 31.0 Å². The molecular weight excluding hydrogens is 260 g/mol. The molecule has 15 heavy (non-hydrogen) atoms. The van der Waals surface area contributed by atoms with Gasteiger partial charge in [-0.25, -0.2) is 0 Å². The summed E-state index contributed by atoms with van der Waals surface area (Å²) in [4.78, 5) is 0. The first kappa shape index (κ1) is 10.8. The van der Waals surface area contributed by atoms with Crippen molar-refractivity contribution in [2.45, 2.75) is 12.5 Å². The fourth-order valence-corrected chi connectivity index (χ4v) is 2.02. The van der Waals surface area contributed by atoms with Gasteiger partial charge in [0, 0.05) is 10.0 Å². The third-order valence-electron chi connectivity index (χ3n) is 2.59. The summed E-state index contributed by atoms with van der Waals surface area (Å²) in [5.74, 6) is 1.47. The van der Waals surface area contributed by atoms with Gasteiger partial charge in [0.25, 0.3) is 0 Å². The van der Waals surface area contributed by atoms with E-state index in [2.05, 4.69) is 15.9 Å². The summed E-state index contributed by atoms with van der Waals surface area (Å²) in [7, 11) is 3.27. The van der Waals surface area contributed by atoms with Crippen LogP contribution in [0.25, 0.3) is 0 Å². The molecule has 1 fully saturated rings. The second-order valence-electron chi connectivity index (χ2n) is 3.71. The molecule has 4 heteroatoms. The number of rotatable bonds is 3. The van der Waals surface area contributed by atoms with E-state index in [1.165, 1.54) is 0 Å². The van der Waals surface area contributed by atoms with Gasteiger partial charge in [0.2, 0.25) is 0 Å². The number of methoxy groups -OCH3 is 2. The molecule has 0 spiro atoms. The molecule has 1 aromatic rings. The highest BCUT2D eigenvalue weighted by molar-refractivity contribution is 9.10. The van der Waals surface area contributed by atoms with Gasteiger partial charge in [-0.05, 0) is 19.1 Å². The van der Waals surface area contributed by atoms with Crippen molar-refractivity contribution in [3.05, 3.63) is 22.2 Å². The Bertz CT molecular complexity index is 386. The Morgan fingerprint density at radius 1 is 1.33 bits per heavy atom. The maximum absolute atomic E-state index is 5.42. The molecule has 82 valence electrons. The summed E-state index contributed by atoms with van der Waals surface area (Å²) < 4.78 is 17.0. The van der Waals surface area contributed by atoms with E-state index >= 15 is 0 Å². The zero-order chi connectivity index (χ0) is 11.1. The quantitative estimate of drug-likeness (QED) is 0.793. The summed E-state index contributed by atoms with van der Waals surface area (Å²) in [6.45, 7) is 2.76. The summed E-state index contributed by atoms with van der Waals surface area (Å²) >= 11 is 3.45. The fraction of sp³-hybridized carbons (Fsp3) is 0.455. The van der Waals surface area contributed by atoms with Crippen LogP contribution in [0.1, 0.15) is 12.5 Å². The molecule has 0 bridgehead atoms. The molecule has 1 atom stereocenters. The number of epoxide rings is 1. The van der Waals surface area contributed by atoms with Crippen molar-refractivity contribution in [2.75, 3.05) is 20.8 Å². The number of hydrogen-bond acceptors (Lipinski definition) is 3. The molecule has 0 amide bonds. The Morgan fingerprint density at radius 2 is 2.00 bits per heavy atom. The Hall–Kier alpha value is -0.740. The Balaban J connectivity index is 2.56. The third kappa shape index (κ3) is 1.84. The van der Waals surface area contributed by atoms with E-state index in [-0.39, 0.29) is 5.60 Å². The van der Waals surface area contributed by atoms with Crippen LogP contribution < -0.4 is 9.47 Å². The van der Waals surface area contributed by atoms with E-state index in [0.717, 1.165) is 28.1 Å². The van der Waals surface area contributed by atoms with Crippen LogP contribution in [0.15, 0.2) is 16.6 Å². The van der Waals surface area contributed by atoms with Crippen LogP contribution >= 0.6 is 15.9 Å². The van der Waals surface area contributed by atoms with Crippen molar-refractivity contribution in [1.82, 2.24) is 0 Å². The van der Waals surface area contributed by atoms with Crippen LogP contribution in [-0.2, 0) is 10.3 Å². The molecule has 0 radical (unpaired) electrons. The standard InChI is InChI=1S/C11H13BrO3/c1-11(6-15-11)8-4-7(12)5-9(13-2)10(8)14-3/h4-5H,6H2,1-3H3. The second-order valence-corrected chi connectivity index (χ2v) is 4.62. The Labute approximate surface area is 97.5 Å². The fourth-order valence-electron chi connectivity index (χ4n) is 1.59.